The highest BCUT2D eigenvalue weighted by molar-refractivity contribution is 5.31. The van der Waals surface area contributed by atoms with E-state index in [2.05, 4.69) is 23.2 Å². The van der Waals surface area contributed by atoms with E-state index in [0.717, 1.165) is 12.1 Å². The van der Waals surface area contributed by atoms with Crippen molar-refractivity contribution in [3.8, 4) is 6.07 Å². The summed E-state index contributed by atoms with van der Waals surface area (Å²) < 4.78 is 0. The minimum absolute atomic E-state index is 0.642. The SMILES string of the molecule is CCCCN1CCC(NCc2ccc(C#N)cc2)CC1. The van der Waals surface area contributed by atoms with Crippen molar-refractivity contribution in [2.24, 2.45) is 0 Å². The third-order valence-corrected chi connectivity index (χ3v) is 4.09. The molecule has 1 aromatic rings. The summed E-state index contributed by atoms with van der Waals surface area (Å²) in [6.07, 6.45) is 5.11. The Morgan fingerprint density at radius 3 is 2.55 bits per heavy atom. The topological polar surface area (TPSA) is 39.1 Å². The number of nitrogens with zero attached hydrogens (tertiary/aromatic N) is 2. The number of piperidine rings is 1. The van der Waals surface area contributed by atoms with Gasteiger partial charge in [-0.15, -0.1) is 0 Å². The summed E-state index contributed by atoms with van der Waals surface area (Å²) in [6.45, 7) is 6.88. The lowest BCUT2D eigenvalue weighted by atomic mass is 10.0. The molecule has 0 aliphatic carbocycles. The van der Waals surface area contributed by atoms with Gasteiger partial charge in [-0.25, -0.2) is 0 Å². The van der Waals surface area contributed by atoms with Crippen LogP contribution in [0.25, 0.3) is 0 Å². The molecule has 0 saturated carbocycles. The van der Waals surface area contributed by atoms with Crippen LogP contribution in [0.5, 0.6) is 0 Å². The Morgan fingerprint density at radius 2 is 1.95 bits per heavy atom. The molecule has 0 spiro atoms. The third-order valence-electron chi connectivity index (χ3n) is 4.09. The van der Waals surface area contributed by atoms with Gasteiger partial charge in [0.25, 0.3) is 0 Å². The van der Waals surface area contributed by atoms with E-state index in [9.17, 15) is 0 Å². The van der Waals surface area contributed by atoms with Crippen molar-refractivity contribution < 1.29 is 0 Å². The van der Waals surface area contributed by atoms with Gasteiger partial charge < -0.3 is 10.2 Å². The first kappa shape index (κ1) is 15.0. The van der Waals surface area contributed by atoms with E-state index in [1.54, 1.807) is 0 Å². The van der Waals surface area contributed by atoms with Crippen LogP contribution in [0.2, 0.25) is 0 Å². The molecule has 3 heteroatoms. The second-order valence-corrected chi connectivity index (χ2v) is 5.66. The summed E-state index contributed by atoms with van der Waals surface area (Å²) in [6, 6.07) is 10.7. The molecule has 0 bridgehead atoms. The zero-order valence-corrected chi connectivity index (χ0v) is 12.4. The molecule has 1 fully saturated rings. The molecule has 0 amide bonds. The van der Waals surface area contributed by atoms with Gasteiger partial charge in [-0.3, -0.25) is 0 Å². The van der Waals surface area contributed by atoms with Gasteiger partial charge in [0.05, 0.1) is 11.6 Å². The first-order valence-electron chi connectivity index (χ1n) is 7.76. The Bertz CT molecular complexity index is 425. The summed E-state index contributed by atoms with van der Waals surface area (Å²) >= 11 is 0. The number of unbranched alkanes of at least 4 members (excludes halogenated alkanes) is 1. The van der Waals surface area contributed by atoms with Gasteiger partial charge in [0, 0.05) is 12.6 Å². The van der Waals surface area contributed by atoms with Crippen molar-refractivity contribution in [3.05, 3.63) is 35.4 Å². The normalized spacial score (nSPS) is 17.0. The van der Waals surface area contributed by atoms with Crippen LogP contribution < -0.4 is 5.32 Å². The number of likely N-dealkylation sites (tertiary alicyclic amines) is 1. The third kappa shape index (κ3) is 4.63. The molecule has 1 saturated heterocycles. The fraction of sp³-hybridized carbons (Fsp3) is 0.588. The van der Waals surface area contributed by atoms with Gasteiger partial charge >= 0.3 is 0 Å². The average molecular weight is 271 g/mol. The first-order valence-corrected chi connectivity index (χ1v) is 7.76. The van der Waals surface area contributed by atoms with E-state index in [-0.39, 0.29) is 0 Å². The van der Waals surface area contributed by atoms with E-state index < -0.39 is 0 Å². The minimum Gasteiger partial charge on any atom is -0.310 e. The standard InChI is InChI=1S/C17H25N3/c1-2-3-10-20-11-8-17(9-12-20)19-14-16-6-4-15(13-18)5-7-16/h4-7,17,19H,2-3,8-12,14H2,1H3. The van der Waals surface area contributed by atoms with E-state index in [4.69, 9.17) is 5.26 Å². The molecule has 0 unspecified atom stereocenters. The lowest BCUT2D eigenvalue weighted by molar-refractivity contribution is 0.195. The molecule has 1 aromatic carbocycles. The molecule has 1 N–H and O–H groups in total. The summed E-state index contributed by atoms with van der Waals surface area (Å²) in [5.74, 6) is 0. The van der Waals surface area contributed by atoms with E-state index in [1.807, 2.05) is 24.3 Å². The van der Waals surface area contributed by atoms with Gasteiger partial charge in [-0.05, 0) is 56.6 Å². The van der Waals surface area contributed by atoms with Gasteiger partial charge in [0.1, 0.15) is 0 Å². The van der Waals surface area contributed by atoms with Gasteiger partial charge in [0.15, 0.2) is 0 Å². The van der Waals surface area contributed by atoms with Crippen LogP contribution in [0.4, 0.5) is 0 Å². The molecular weight excluding hydrogens is 246 g/mol. The number of hydrogen-bond donors (Lipinski definition) is 1. The zero-order valence-electron chi connectivity index (χ0n) is 12.4. The lowest BCUT2D eigenvalue weighted by Gasteiger charge is -2.32. The number of nitriles is 1. The van der Waals surface area contributed by atoms with Crippen LogP contribution >= 0.6 is 0 Å². The summed E-state index contributed by atoms with van der Waals surface area (Å²) in [7, 11) is 0. The molecule has 20 heavy (non-hydrogen) atoms. The van der Waals surface area contributed by atoms with Crippen LogP contribution in [-0.2, 0) is 6.54 Å². The zero-order chi connectivity index (χ0) is 14.2. The molecule has 0 aromatic heterocycles. The Morgan fingerprint density at radius 1 is 1.25 bits per heavy atom. The molecule has 108 valence electrons. The van der Waals surface area contributed by atoms with Crippen LogP contribution in [0.1, 0.15) is 43.7 Å². The number of nitrogens with one attached hydrogen (secondary N) is 1. The fourth-order valence-electron chi connectivity index (χ4n) is 2.70. The molecule has 3 nitrogen and oxygen atoms in total. The van der Waals surface area contributed by atoms with Gasteiger partial charge in [-0.2, -0.15) is 5.26 Å². The molecule has 1 aliphatic heterocycles. The van der Waals surface area contributed by atoms with Crippen molar-refractivity contribution in [3.63, 3.8) is 0 Å². The Labute approximate surface area is 122 Å². The van der Waals surface area contributed by atoms with E-state index >= 15 is 0 Å². The molecule has 0 radical (unpaired) electrons. The maximum absolute atomic E-state index is 8.78. The van der Waals surface area contributed by atoms with Crippen molar-refractivity contribution in [1.82, 2.24) is 10.2 Å². The Balaban J connectivity index is 1.69. The van der Waals surface area contributed by atoms with Crippen molar-refractivity contribution in [1.29, 1.82) is 5.26 Å². The molecular formula is C17H25N3. The highest BCUT2D eigenvalue weighted by Gasteiger charge is 2.17. The summed E-state index contributed by atoms with van der Waals surface area (Å²) in [4.78, 5) is 2.59. The van der Waals surface area contributed by atoms with Crippen molar-refractivity contribution in [2.75, 3.05) is 19.6 Å². The Hall–Kier alpha value is -1.37. The van der Waals surface area contributed by atoms with Gasteiger partial charge in [-0.1, -0.05) is 25.5 Å². The summed E-state index contributed by atoms with van der Waals surface area (Å²) in [5, 5.41) is 12.4. The molecule has 1 heterocycles. The van der Waals surface area contributed by atoms with E-state index in [1.165, 1.54) is 50.9 Å². The number of rotatable bonds is 6. The monoisotopic (exact) mass is 271 g/mol. The highest BCUT2D eigenvalue weighted by atomic mass is 15.1. The predicted molar refractivity (Wildman–Crippen MR) is 82.4 cm³/mol. The molecule has 1 aliphatic rings. The number of benzene rings is 1. The quantitative estimate of drug-likeness (QED) is 0.864. The largest absolute Gasteiger partial charge is 0.310 e. The smallest absolute Gasteiger partial charge is 0.0991 e. The highest BCUT2D eigenvalue weighted by Crippen LogP contribution is 2.12. The van der Waals surface area contributed by atoms with E-state index in [0.29, 0.717) is 6.04 Å². The predicted octanol–water partition coefficient (Wildman–Crippen LogP) is 2.91. The van der Waals surface area contributed by atoms with Crippen LogP contribution in [0.15, 0.2) is 24.3 Å². The average Bonchev–Trinajstić information content (AvgIpc) is 2.52. The first-order chi connectivity index (χ1) is 9.81. The molecule has 0 atom stereocenters. The lowest BCUT2D eigenvalue weighted by Crippen LogP contribution is -2.42. The second-order valence-electron chi connectivity index (χ2n) is 5.66. The maximum Gasteiger partial charge on any atom is 0.0991 e. The fourth-order valence-corrected chi connectivity index (χ4v) is 2.70. The second kappa shape index (κ2) is 8.04. The summed E-state index contributed by atoms with van der Waals surface area (Å²) in [5.41, 5.74) is 2.00. The maximum atomic E-state index is 8.78. The van der Waals surface area contributed by atoms with Gasteiger partial charge in [0.2, 0.25) is 0 Å². The van der Waals surface area contributed by atoms with Crippen molar-refractivity contribution in [2.45, 2.75) is 45.2 Å². The van der Waals surface area contributed by atoms with Crippen LogP contribution in [0.3, 0.4) is 0 Å². The van der Waals surface area contributed by atoms with Crippen molar-refractivity contribution >= 4 is 0 Å². The minimum atomic E-state index is 0.642. The number of hydrogen-bond acceptors (Lipinski definition) is 3. The molecule has 2 rings (SSSR count). The Kier molecular flexibility index (Phi) is 6.04. The van der Waals surface area contributed by atoms with Crippen LogP contribution in [0, 0.1) is 11.3 Å². The van der Waals surface area contributed by atoms with Crippen LogP contribution in [-0.4, -0.2) is 30.6 Å².